The van der Waals surface area contributed by atoms with Crippen molar-refractivity contribution >= 4 is 17.2 Å². The van der Waals surface area contributed by atoms with Crippen molar-refractivity contribution in [2.45, 2.75) is 26.2 Å². The van der Waals surface area contributed by atoms with Crippen molar-refractivity contribution in [3.63, 3.8) is 0 Å². The molecule has 110 valence electrons. The Morgan fingerprint density at radius 3 is 2.57 bits per heavy atom. The van der Waals surface area contributed by atoms with Crippen LogP contribution >= 0.6 is 12.2 Å². The first-order valence-corrected chi connectivity index (χ1v) is 7.30. The van der Waals surface area contributed by atoms with Crippen molar-refractivity contribution in [2.24, 2.45) is 5.73 Å². The Balaban J connectivity index is 2.33. The maximum Gasteiger partial charge on any atom is 0.166 e. The fraction of sp³-hybridized carbons (Fsp3) is 0.235. The summed E-state index contributed by atoms with van der Waals surface area (Å²) in [5.41, 5.74) is 7.05. The van der Waals surface area contributed by atoms with Crippen molar-refractivity contribution in [3.05, 3.63) is 59.4 Å². The van der Waals surface area contributed by atoms with Crippen LogP contribution in [0.3, 0.4) is 0 Å². The van der Waals surface area contributed by atoms with Crippen LogP contribution in [0.2, 0.25) is 0 Å². The van der Waals surface area contributed by atoms with Gasteiger partial charge in [-0.3, -0.25) is 0 Å². The third-order valence-electron chi connectivity index (χ3n) is 3.50. The van der Waals surface area contributed by atoms with E-state index >= 15 is 0 Å². The molecular formula is C17H18FNOS. The van der Waals surface area contributed by atoms with Gasteiger partial charge >= 0.3 is 0 Å². The SMILES string of the molecule is CCC(C)c1ccccc1Oc1ccc(C(N)=S)cc1F. The molecule has 0 aliphatic rings. The number of nitrogens with two attached hydrogens (primary N) is 1. The Hall–Kier alpha value is -1.94. The minimum atomic E-state index is -0.473. The zero-order chi connectivity index (χ0) is 15.4. The molecule has 2 rings (SSSR count). The van der Waals surface area contributed by atoms with E-state index in [2.05, 4.69) is 13.8 Å². The van der Waals surface area contributed by atoms with E-state index in [1.165, 1.54) is 6.07 Å². The average molecular weight is 303 g/mol. The molecule has 0 aromatic heterocycles. The third-order valence-corrected chi connectivity index (χ3v) is 3.73. The number of hydrogen-bond donors (Lipinski definition) is 1. The lowest BCUT2D eigenvalue weighted by Gasteiger charge is -2.16. The van der Waals surface area contributed by atoms with Gasteiger partial charge in [0.1, 0.15) is 10.7 Å². The van der Waals surface area contributed by atoms with Crippen LogP contribution < -0.4 is 10.5 Å². The zero-order valence-corrected chi connectivity index (χ0v) is 12.9. The molecule has 0 heterocycles. The summed E-state index contributed by atoms with van der Waals surface area (Å²) < 4.78 is 19.8. The van der Waals surface area contributed by atoms with Gasteiger partial charge in [0.15, 0.2) is 11.6 Å². The summed E-state index contributed by atoms with van der Waals surface area (Å²) in [5, 5.41) is 0. The van der Waals surface area contributed by atoms with E-state index in [0.717, 1.165) is 12.0 Å². The Bertz CT molecular complexity index is 657. The molecule has 0 aliphatic heterocycles. The van der Waals surface area contributed by atoms with E-state index in [1.54, 1.807) is 12.1 Å². The summed E-state index contributed by atoms with van der Waals surface area (Å²) in [7, 11) is 0. The fourth-order valence-electron chi connectivity index (χ4n) is 2.06. The Morgan fingerprint density at radius 1 is 1.24 bits per heavy atom. The molecular weight excluding hydrogens is 285 g/mol. The lowest BCUT2D eigenvalue weighted by molar-refractivity contribution is 0.434. The third kappa shape index (κ3) is 3.58. The van der Waals surface area contributed by atoms with Crippen molar-refractivity contribution in [1.82, 2.24) is 0 Å². The average Bonchev–Trinajstić information content (AvgIpc) is 2.49. The molecule has 0 bridgehead atoms. The second kappa shape index (κ2) is 6.68. The summed E-state index contributed by atoms with van der Waals surface area (Å²) in [4.78, 5) is 0.167. The van der Waals surface area contributed by atoms with Gasteiger partial charge in [-0.25, -0.2) is 4.39 Å². The second-order valence-electron chi connectivity index (χ2n) is 4.96. The molecule has 2 nitrogen and oxygen atoms in total. The predicted octanol–water partition coefficient (Wildman–Crippen LogP) is 4.77. The van der Waals surface area contributed by atoms with Gasteiger partial charge in [-0.1, -0.05) is 44.3 Å². The topological polar surface area (TPSA) is 35.2 Å². The molecule has 0 amide bonds. The van der Waals surface area contributed by atoms with E-state index in [4.69, 9.17) is 22.7 Å². The molecule has 0 saturated carbocycles. The van der Waals surface area contributed by atoms with Crippen LogP contribution in [0.25, 0.3) is 0 Å². The second-order valence-corrected chi connectivity index (χ2v) is 5.40. The van der Waals surface area contributed by atoms with Gasteiger partial charge in [0, 0.05) is 5.56 Å². The fourth-order valence-corrected chi connectivity index (χ4v) is 2.18. The minimum Gasteiger partial charge on any atom is -0.454 e. The van der Waals surface area contributed by atoms with Crippen LogP contribution in [0.4, 0.5) is 4.39 Å². The highest BCUT2D eigenvalue weighted by molar-refractivity contribution is 7.80. The Labute approximate surface area is 129 Å². The van der Waals surface area contributed by atoms with Gasteiger partial charge in [0.2, 0.25) is 0 Å². The van der Waals surface area contributed by atoms with Crippen molar-refractivity contribution in [3.8, 4) is 11.5 Å². The number of hydrogen-bond acceptors (Lipinski definition) is 2. The molecule has 0 spiro atoms. The maximum absolute atomic E-state index is 14.1. The van der Waals surface area contributed by atoms with Crippen molar-refractivity contribution in [2.75, 3.05) is 0 Å². The first-order valence-electron chi connectivity index (χ1n) is 6.89. The maximum atomic E-state index is 14.1. The molecule has 1 atom stereocenters. The van der Waals surface area contributed by atoms with Gasteiger partial charge in [-0.15, -0.1) is 0 Å². The van der Waals surface area contributed by atoms with E-state index in [9.17, 15) is 4.39 Å². The van der Waals surface area contributed by atoms with Gasteiger partial charge in [0.05, 0.1) is 0 Å². The largest absolute Gasteiger partial charge is 0.454 e. The van der Waals surface area contributed by atoms with E-state index in [-0.39, 0.29) is 10.7 Å². The van der Waals surface area contributed by atoms with Crippen LogP contribution in [0.15, 0.2) is 42.5 Å². The number of para-hydroxylation sites is 1. The highest BCUT2D eigenvalue weighted by atomic mass is 32.1. The van der Waals surface area contributed by atoms with Crippen LogP contribution in [-0.4, -0.2) is 4.99 Å². The molecule has 2 aromatic rings. The Morgan fingerprint density at radius 2 is 1.95 bits per heavy atom. The summed E-state index contributed by atoms with van der Waals surface area (Å²) in [5.74, 6) is 0.721. The first kappa shape index (κ1) is 15.4. The number of thiocarbonyl (C=S) groups is 1. The van der Waals surface area contributed by atoms with Crippen LogP contribution in [-0.2, 0) is 0 Å². The summed E-state index contributed by atoms with van der Waals surface area (Å²) in [6.45, 7) is 4.23. The van der Waals surface area contributed by atoms with E-state index in [0.29, 0.717) is 17.2 Å². The quantitative estimate of drug-likeness (QED) is 0.808. The summed E-state index contributed by atoms with van der Waals surface area (Å²) >= 11 is 4.84. The standard InChI is InChI=1S/C17H18FNOS/c1-3-11(2)13-6-4-5-7-15(13)20-16-9-8-12(17(19)21)10-14(16)18/h4-11H,3H2,1-2H3,(H2,19,21). The molecule has 1 unspecified atom stereocenters. The minimum absolute atomic E-state index is 0.167. The molecule has 0 aliphatic carbocycles. The lowest BCUT2D eigenvalue weighted by Crippen LogP contribution is -2.09. The number of rotatable bonds is 5. The molecule has 0 fully saturated rings. The molecule has 2 N–H and O–H groups in total. The van der Waals surface area contributed by atoms with Crippen LogP contribution in [0.5, 0.6) is 11.5 Å². The summed E-state index contributed by atoms with van der Waals surface area (Å²) in [6, 6.07) is 12.2. The molecule has 0 saturated heterocycles. The predicted molar refractivity (Wildman–Crippen MR) is 87.5 cm³/mol. The van der Waals surface area contributed by atoms with Crippen LogP contribution in [0, 0.1) is 5.82 Å². The molecule has 4 heteroatoms. The van der Waals surface area contributed by atoms with E-state index in [1.807, 2.05) is 24.3 Å². The highest BCUT2D eigenvalue weighted by Crippen LogP contribution is 2.33. The number of benzene rings is 2. The number of halogens is 1. The lowest BCUT2D eigenvalue weighted by atomic mass is 9.98. The molecule has 21 heavy (non-hydrogen) atoms. The van der Waals surface area contributed by atoms with Crippen molar-refractivity contribution in [1.29, 1.82) is 0 Å². The monoisotopic (exact) mass is 303 g/mol. The van der Waals surface area contributed by atoms with Gasteiger partial charge < -0.3 is 10.5 Å². The Kier molecular flexibility index (Phi) is 4.91. The van der Waals surface area contributed by atoms with Gasteiger partial charge in [-0.2, -0.15) is 0 Å². The van der Waals surface area contributed by atoms with E-state index < -0.39 is 5.82 Å². The molecule has 2 aromatic carbocycles. The van der Waals surface area contributed by atoms with Crippen LogP contribution in [0.1, 0.15) is 37.3 Å². The smallest absolute Gasteiger partial charge is 0.166 e. The normalized spacial score (nSPS) is 12.0. The highest BCUT2D eigenvalue weighted by Gasteiger charge is 2.13. The first-order chi connectivity index (χ1) is 10.0. The summed E-state index contributed by atoms with van der Waals surface area (Å²) in [6.07, 6.45) is 0.989. The van der Waals surface area contributed by atoms with Gasteiger partial charge in [-0.05, 0) is 42.2 Å². The van der Waals surface area contributed by atoms with Gasteiger partial charge in [0.25, 0.3) is 0 Å². The number of ether oxygens (including phenoxy) is 1. The molecule has 0 radical (unpaired) electrons. The zero-order valence-electron chi connectivity index (χ0n) is 12.1. The van der Waals surface area contributed by atoms with Crippen molar-refractivity contribution < 1.29 is 9.13 Å².